The summed E-state index contributed by atoms with van der Waals surface area (Å²) in [6.45, 7) is 2.12. The molecule has 0 aliphatic heterocycles. The molecule has 0 aliphatic rings. The summed E-state index contributed by atoms with van der Waals surface area (Å²) in [5.41, 5.74) is 0.636. The molecule has 0 amide bonds. The first-order chi connectivity index (χ1) is 7.60. The summed E-state index contributed by atoms with van der Waals surface area (Å²) in [6, 6.07) is 3.48. The fourth-order valence-electron chi connectivity index (χ4n) is 1.32. The van der Waals surface area contributed by atoms with Crippen molar-refractivity contribution in [1.82, 2.24) is 0 Å². The molecule has 0 aliphatic carbocycles. The first-order valence-electron chi connectivity index (χ1n) is 4.76. The molecule has 0 saturated heterocycles. The third kappa shape index (κ3) is 3.12. The highest BCUT2D eigenvalue weighted by atomic mass is 79.9. The maximum Gasteiger partial charge on any atom is 0.310 e. The van der Waals surface area contributed by atoms with Gasteiger partial charge in [0, 0.05) is 10.6 Å². The van der Waals surface area contributed by atoms with Crippen molar-refractivity contribution in [3.05, 3.63) is 27.2 Å². The number of carbonyl (C=O) groups excluding carboxylic acids is 1. The number of halogens is 2. The van der Waals surface area contributed by atoms with Crippen LogP contribution < -0.4 is 4.74 Å². The normalized spacial score (nSPS) is 10.0. The topological polar surface area (TPSA) is 35.5 Å². The molecule has 0 N–H and O–H groups in total. The van der Waals surface area contributed by atoms with Crippen LogP contribution >= 0.6 is 27.5 Å². The summed E-state index contributed by atoms with van der Waals surface area (Å²) in [5.74, 6) is 0.251. The summed E-state index contributed by atoms with van der Waals surface area (Å²) in [6.07, 6.45) is 0.106. The van der Waals surface area contributed by atoms with E-state index in [2.05, 4.69) is 15.9 Å². The van der Waals surface area contributed by atoms with Gasteiger partial charge >= 0.3 is 5.97 Å². The second-order valence-electron chi connectivity index (χ2n) is 3.02. The molecule has 3 nitrogen and oxygen atoms in total. The smallest absolute Gasteiger partial charge is 0.310 e. The number of hydrogen-bond donors (Lipinski definition) is 0. The lowest BCUT2D eigenvalue weighted by molar-refractivity contribution is -0.142. The van der Waals surface area contributed by atoms with Crippen molar-refractivity contribution in [1.29, 1.82) is 0 Å². The Morgan fingerprint density at radius 1 is 1.50 bits per heavy atom. The predicted molar refractivity (Wildman–Crippen MR) is 66.0 cm³/mol. The third-order valence-corrected chi connectivity index (χ3v) is 2.96. The van der Waals surface area contributed by atoms with Gasteiger partial charge in [0.25, 0.3) is 0 Å². The molecule has 0 radical (unpaired) electrons. The van der Waals surface area contributed by atoms with Crippen LogP contribution in [0.25, 0.3) is 0 Å². The number of benzene rings is 1. The van der Waals surface area contributed by atoms with E-state index in [9.17, 15) is 4.79 Å². The van der Waals surface area contributed by atoms with Gasteiger partial charge in [-0.25, -0.2) is 0 Å². The van der Waals surface area contributed by atoms with E-state index in [0.717, 1.165) is 4.47 Å². The fourth-order valence-corrected chi connectivity index (χ4v) is 2.07. The monoisotopic (exact) mass is 306 g/mol. The first kappa shape index (κ1) is 13.3. The van der Waals surface area contributed by atoms with Crippen molar-refractivity contribution in [3.8, 4) is 5.75 Å². The van der Waals surface area contributed by atoms with E-state index in [1.807, 2.05) is 0 Å². The van der Waals surface area contributed by atoms with E-state index in [1.54, 1.807) is 19.1 Å². The van der Waals surface area contributed by atoms with Gasteiger partial charge in [-0.2, -0.15) is 0 Å². The summed E-state index contributed by atoms with van der Waals surface area (Å²) >= 11 is 9.35. The van der Waals surface area contributed by atoms with E-state index >= 15 is 0 Å². The zero-order valence-electron chi connectivity index (χ0n) is 9.05. The molecule has 0 heterocycles. The highest BCUT2D eigenvalue weighted by Crippen LogP contribution is 2.34. The minimum Gasteiger partial charge on any atom is -0.495 e. The zero-order valence-corrected chi connectivity index (χ0v) is 11.4. The third-order valence-electron chi connectivity index (χ3n) is 1.99. The van der Waals surface area contributed by atoms with Crippen LogP contribution in [0, 0.1) is 0 Å². The molecular formula is C11H12BrClO3. The summed E-state index contributed by atoms with van der Waals surface area (Å²) < 4.78 is 10.8. The highest BCUT2D eigenvalue weighted by molar-refractivity contribution is 9.10. The Labute approximate surface area is 108 Å². The Balaban J connectivity index is 3.01. The van der Waals surface area contributed by atoms with Crippen LogP contribution in [0.3, 0.4) is 0 Å². The summed E-state index contributed by atoms with van der Waals surface area (Å²) in [7, 11) is 1.53. The molecule has 5 heteroatoms. The first-order valence-corrected chi connectivity index (χ1v) is 5.93. The van der Waals surface area contributed by atoms with Gasteiger partial charge in [-0.05, 0) is 35.0 Å². The molecule has 88 valence electrons. The minimum absolute atomic E-state index is 0.106. The van der Waals surface area contributed by atoms with E-state index < -0.39 is 0 Å². The standard InChI is InChI=1S/C11H12BrClO3/c1-3-16-10(14)6-7-9(13)5-4-8(12)11(7)15-2/h4-5H,3,6H2,1-2H3. The Kier molecular flexibility index (Phi) is 5.09. The Morgan fingerprint density at radius 2 is 2.19 bits per heavy atom. The van der Waals surface area contributed by atoms with Crippen molar-refractivity contribution < 1.29 is 14.3 Å². The van der Waals surface area contributed by atoms with Gasteiger partial charge in [0.1, 0.15) is 5.75 Å². The number of rotatable bonds is 4. The largest absolute Gasteiger partial charge is 0.495 e. The zero-order chi connectivity index (χ0) is 12.1. The van der Waals surface area contributed by atoms with Crippen LogP contribution in [-0.2, 0) is 16.0 Å². The second kappa shape index (κ2) is 6.11. The van der Waals surface area contributed by atoms with Gasteiger partial charge in [-0.15, -0.1) is 0 Å². The molecular weight excluding hydrogens is 295 g/mol. The lowest BCUT2D eigenvalue weighted by Crippen LogP contribution is -2.09. The lowest BCUT2D eigenvalue weighted by atomic mass is 10.1. The molecule has 1 rings (SSSR count). The van der Waals surface area contributed by atoms with E-state index in [4.69, 9.17) is 21.1 Å². The average molecular weight is 308 g/mol. The molecule has 0 atom stereocenters. The predicted octanol–water partition coefficient (Wildman–Crippen LogP) is 3.22. The minimum atomic E-state index is -0.319. The maximum atomic E-state index is 11.4. The Hall–Kier alpha value is -0.740. The summed E-state index contributed by atoms with van der Waals surface area (Å²) in [5, 5.41) is 0.494. The fraction of sp³-hybridized carbons (Fsp3) is 0.364. The van der Waals surface area contributed by atoms with E-state index in [1.165, 1.54) is 7.11 Å². The highest BCUT2D eigenvalue weighted by Gasteiger charge is 2.15. The number of carbonyl (C=O) groups is 1. The van der Waals surface area contributed by atoms with Crippen molar-refractivity contribution in [2.75, 3.05) is 13.7 Å². The molecule has 0 unspecified atom stereocenters. The number of hydrogen-bond acceptors (Lipinski definition) is 3. The Morgan fingerprint density at radius 3 is 2.75 bits per heavy atom. The van der Waals surface area contributed by atoms with Crippen LogP contribution in [0.4, 0.5) is 0 Å². The quantitative estimate of drug-likeness (QED) is 0.801. The molecule has 0 bridgehead atoms. The molecule has 1 aromatic carbocycles. The maximum absolute atomic E-state index is 11.4. The van der Waals surface area contributed by atoms with E-state index in [0.29, 0.717) is 22.9 Å². The van der Waals surface area contributed by atoms with Gasteiger partial charge in [0.15, 0.2) is 0 Å². The van der Waals surface area contributed by atoms with Crippen LogP contribution in [0.2, 0.25) is 5.02 Å². The number of esters is 1. The molecule has 0 saturated carbocycles. The molecule has 0 spiro atoms. The van der Waals surface area contributed by atoms with Crippen LogP contribution in [0.1, 0.15) is 12.5 Å². The van der Waals surface area contributed by atoms with Crippen molar-refractivity contribution >= 4 is 33.5 Å². The number of ether oxygens (including phenoxy) is 2. The van der Waals surface area contributed by atoms with Gasteiger partial charge in [-0.1, -0.05) is 11.6 Å². The molecule has 1 aromatic rings. The van der Waals surface area contributed by atoms with Crippen LogP contribution in [0.15, 0.2) is 16.6 Å². The van der Waals surface area contributed by atoms with Crippen molar-refractivity contribution in [2.45, 2.75) is 13.3 Å². The van der Waals surface area contributed by atoms with Gasteiger partial charge in [0.05, 0.1) is 24.6 Å². The van der Waals surface area contributed by atoms with Gasteiger partial charge in [-0.3, -0.25) is 4.79 Å². The lowest BCUT2D eigenvalue weighted by Gasteiger charge is -2.11. The van der Waals surface area contributed by atoms with Crippen LogP contribution in [0.5, 0.6) is 5.75 Å². The second-order valence-corrected chi connectivity index (χ2v) is 4.28. The molecule has 16 heavy (non-hydrogen) atoms. The Bertz CT molecular complexity index is 393. The van der Waals surface area contributed by atoms with Crippen molar-refractivity contribution in [3.63, 3.8) is 0 Å². The molecule has 0 aromatic heterocycles. The van der Waals surface area contributed by atoms with Crippen molar-refractivity contribution in [2.24, 2.45) is 0 Å². The van der Waals surface area contributed by atoms with Gasteiger partial charge in [0.2, 0.25) is 0 Å². The summed E-state index contributed by atoms with van der Waals surface area (Å²) in [4.78, 5) is 11.4. The average Bonchev–Trinajstić information content (AvgIpc) is 2.24. The van der Waals surface area contributed by atoms with E-state index in [-0.39, 0.29) is 12.4 Å². The molecule has 0 fully saturated rings. The number of methoxy groups -OCH3 is 1. The van der Waals surface area contributed by atoms with Crippen LogP contribution in [-0.4, -0.2) is 19.7 Å². The van der Waals surface area contributed by atoms with Gasteiger partial charge < -0.3 is 9.47 Å². The SMILES string of the molecule is CCOC(=O)Cc1c(Cl)ccc(Br)c1OC.